The highest BCUT2D eigenvalue weighted by Gasteiger charge is 2.30. The van der Waals surface area contributed by atoms with Gasteiger partial charge in [0.1, 0.15) is 11.7 Å². The van der Waals surface area contributed by atoms with E-state index in [0.29, 0.717) is 13.1 Å². The average molecular weight is 237 g/mol. The van der Waals surface area contributed by atoms with Crippen LogP contribution in [0.1, 0.15) is 17.4 Å². The number of carbonyl (C=O) groups excluding carboxylic acids is 2. The van der Waals surface area contributed by atoms with Gasteiger partial charge in [0, 0.05) is 13.1 Å². The Kier molecular flexibility index (Phi) is 3.03. The second kappa shape index (κ2) is 4.48. The predicted molar refractivity (Wildman–Crippen MR) is 57.7 cm³/mol. The number of aromatic nitrogens is 1. The van der Waals surface area contributed by atoms with E-state index in [2.05, 4.69) is 10.3 Å². The summed E-state index contributed by atoms with van der Waals surface area (Å²) in [5.41, 5.74) is 0.0200. The van der Waals surface area contributed by atoms with Crippen molar-refractivity contribution >= 4 is 11.8 Å². The molecule has 90 valence electrons. The molecule has 0 radical (unpaired) electrons. The van der Waals surface area contributed by atoms with Crippen molar-refractivity contribution in [1.29, 1.82) is 0 Å². The molecular formula is C11H12FN3O2. The van der Waals surface area contributed by atoms with Crippen molar-refractivity contribution < 1.29 is 14.0 Å². The van der Waals surface area contributed by atoms with E-state index in [1.807, 2.05) is 0 Å². The van der Waals surface area contributed by atoms with E-state index in [0.717, 1.165) is 0 Å². The van der Waals surface area contributed by atoms with E-state index >= 15 is 0 Å². The molecule has 2 amide bonds. The molecule has 0 saturated carbocycles. The van der Waals surface area contributed by atoms with E-state index in [1.165, 1.54) is 23.1 Å². The lowest BCUT2D eigenvalue weighted by Crippen LogP contribution is -2.55. The van der Waals surface area contributed by atoms with Gasteiger partial charge in [-0.2, -0.15) is 4.39 Å². The van der Waals surface area contributed by atoms with E-state index < -0.39 is 17.9 Å². The molecule has 0 bridgehead atoms. The number of amides is 2. The molecule has 1 aliphatic heterocycles. The van der Waals surface area contributed by atoms with Crippen molar-refractivity contribution in [2.75, 3.05) is 13.1 Å². The molecule has 1 saturated heterocycles. The highest BCUT2D eigenvalue weighted by atomic mass is 19.1. The fourth-order valence-corrected chi connectivity index (χ4v) is 1.73. The zero-order valence-electron chi connectivity index (χ0n) is 9.31. The highest BCUT2D eigenvalue weighted by molar-refractivity contribution is 5.96. The lowest BCUT2D eigenvalue weighted by atomic mass is 10.2. The van der Waals surface area contributed by atoms with Gasteiger partial charge in [-0.25, -0.2) is 4.98 Å². The van der Waals surface area contributed by atoms with Crippen molar-refractivity contribution in [3.8, 4) is 0 Å². The fourth-order valence-electron chi connectivity index (χ4n) is 1.73. The molecule has 1 aliphatic rings. The molecule has 0 spiro atoms. The number of piperazine rings is 1. The summed E-state index contributed by atoms with van der Waals surface area (Å²) in [6.45, 7) is 2.44. The Balaban J connectivity index is 2.22. The van der Waals surface area contributed by atoms with E-state index in [9.17, 15) is 14.0 Å². The van der Waals surface area contributed by atoms with Gasteiger partial charge in [0.2, 0.25) is 11.9 Å². The lowest BCUT2D eigenvalue weighted by molar-refractivity contribution is -0.127. The summed E-state index contributed by atoms with van der Waals surface area (Å²) < 4.78 is 12.9. The van der Waals surface area contributed by atoms with Crippen LogP contribution in [-0.2, 0) is 4.79 Å². The molecular weight excluding hydrogens is 225 g/mol. The first kappa shape index (κ1) is 11.5. The first-order chi connectivity index (χ1) is 8.09. The van der Waals surface area contributed by atoms with Crippen molar-refractivity contribution in [2.24, 2.45) is 0 Å². The van der Waals surface area contributed by atoms with Gasteiger partial charge >= 0.3 is 0 Å². The van der Waals surface area contributed by atoms with Crippen LogP contribution in [0.15, 0.2) is 18.2 Å². The third kappa shape index (κ3) is 2.25. The first-order valence-corrected chi connectivity index (χ1v) is 5.31. The van der Waals surface area contributed by atoms with Crippen LogP contribution in [-0.4, -0.2) is 40.8 Å². The number of nitrogens with zero attached hydrogens (tertiary/aromatic N) is 2. The monoisotopic (exact) mass is 237 g/mol. The molecule has 2 rings (SSSR count). The summed E-state index contributed by atoms with van der Waals surface area (Å²) in [6, 6.07) is 3.47. The SMILES string of the molecule is CC1C(=O)NCCN1C(=O)c1cccc(F)n1. The van der Waals surface area contributed by atoms with Crippen LogP contribution in [0.4, 0.5) is 4.39 Å². The number of hydrogen-bond acceptors (Lipinski definition) is 3. The standard InChI is InChI=1S/C11H12FN3O2/c1-7-10(16)13-5-6-15(7)11(17)8-3-2-4-9(12)14-8/h2-4,7H,5-6H2,1H3,(H,13,16). The third-order valence-corrected chi connectivity index (χ3v) is 2.69. The number of hydrogen-bond donors (Lipinski definition) is 1. The Bertz CT molecular complexity index is 464. The zero-order valence-corrected chi connectivity index (χ0v) is 9.31. The van der Waals surface area contributed by atoms with E-state index in [-0.39, 0.29) is 11.6 Å². The lowest BCUT2D eigenvalue weighted by Gasteiger charge is -2.32. The molecule has 0 aromatic carbocycles. The Morgan fingerprint density at radius 2 is 2.35 bits per heavy atom. The Labute approximate surface area is 97.6 Å². The number of nitrogens with one attached hydrogen (secondary N) is 1. The van der Waals surface area contributed by atoms with Crippen molar-refractivity contribution in [2.45, 2.75) is 13.0 Å². The Hall–Kier alpha value is -1.98. The maximum atomic E-state index is 12.9. The van der Waals surface area contributed by atoms with Gasteiger partial charge in [0.15, 0.2) is 0 Å². The number of carbonyl (C=O) groups is 2. The molecule has 1 atom stereocenters. The molecule has 0 aliphatic carbocycles. The van der Waals surface area contributed by atoms with Crippen molar-refractivity contribution in [3.63, 3.8) is 0 Å². The molecule has 1 fully saturated rings. The van der Waals surface area contributed by atoms with Crippen LogP contribution >= 0.6 is 0 Å². The van der Waals surface area contributed by atoms with Crippen LogP contribution in [0, 0.1) is 5.95 Å². The summed E-state index contributed by atoms with van der Waals surface area (Å²) in [5.74, 6) is -1.34. The highest BCUT2D eigenvalue weighted by Crippen LogP contribution is 2.09. The van der Waals surface area contributed by atoms with Crippen molar-refractivity contribution in [3.05, 3.63) is 29.8 Å². The van der Waals surface area contributed by atoms with Gasteiger partial charge < -0.3 is 10.2 Å². The van der Waals surface area contributed by atoms with Crippen LogP contribution in [0.2, 0.25) is 0 Å². The molecule has 2 heterocycles. The summed E-state index contributed by atoms with van der Waals surface area (Å²) >= 11 is 0. The predicted octanol–water partition coefficient (Wildman–Crippen LogP) is 0.181. The van der Waals surface area contributed by atoms with Crippen LogP contribution in [0.5, 0.6) is 0 Å². The first-order valence-electron chi connectivity index (χ1n) is 5.31. The normalized spacial score (nSPS) is 20.0. The molecule has 1 aromatic heterocycles. The third-order valence-electron chi connectivity index (χ3n) is 2.69. The fraction of sp³-hybridized carbons (Fsp3) is 0.364. The minimum absolute atomic E-state index is 0.0200. The van der Waals surface area contributed by atoms with Crippen molar-refractivity contribution in [1.82, 2.24) is 15.2 Å². The number of halogens is 1. The number of pyridine rings is 1. The Morgan fingerprint density at radius 3 is 3.06 bits per heavy atom. The summed E-state index contributed by atoms with van der Waals surface area (Å²) in [6.07, 6.45) is 0. The minimum Gasteiger partial charge on any atom is -0.353 e. The van der Waals surface area contributed by atoms with Gasteiger partial charge in [-0.15, -0.1) is 0 Å². The molecule has 6 heteroatoms. The average Bonchev–Trinajstić information content (AvgIpc) is 2.32. The maximum absolute atomic E-state index is 12.9. The van der Waals surface area contributed by atoms with Crippen LogP contribution < -0.4 is 5.32 Å². The zero-order chi connectivity index (χ0) is 12.4. The minimum atomic E-state index is -0.704. The second-order valence-corrected chi connectivity index (χ2v) is 3.81. The van der Waals surface area contributed by atoms with E-state index in [4.69, 9.17) is 0 Å². The molecule has 1 unspecified atom stereocenters. The summed E-state index contributed by atoms with van der Waals surface area (Å²) in [5, 5.41) is 2.65. The topological polar surface area (TPSA) is 62.3 Å². The van der Waals surface area contributed by atoms with Gasteiger partial charge in [-0.1, -0.05) is 6.07 Å². The van der Waals surface area contributed by atoms with Gasteiger partial charge in [0.05, 0.1) is 0 Å². The quantitative estimate of drug-likeness (QED) is 0.709. The molecule has 17 heavy (non-hydrogen) atoms. The van der Waals surface area contributed by atoms with Gasteiger partial charge in [0.25, 0.3) is 5.91 Å². The molecule has 1 aromatic rings. The summed E-state index contributed by atoms with van der Waals surface area (Å²) in [7, 11) is 0. The van der Waals surface area contributed by atoms with Crippen LogP contribution in [0.3, 0.4) is 0 Å². The molecule has 5 nitrogen and oxygen atoms in total. The summed E-state index contributed by atoms with van der Waals surface area (Å²) in [4.78, 5) is 28.3. The van der Waals surface area contributed by atoms with Gasteiger partial charge in [-0.05, 0) is 19.1 Å². The maximum Gasteiger partial charge on any atom is 0.273 e. The smallest absolute Gasteiger partial charge is 0.273 e. The number of rotatable bonds is 1. The molecule has 1 N–H and O–H groups in total. The Morgan fingerprint density at radius 1 is 1.59 bits per heavy atom. The largest absolute Gasteiger partial charge is 0.353 e. The van der Waals surface area contributed by atoms with Gasteiger partial charge in [-0.3, -0.25) is 9.59 Å². The van der Waals surface area contributed by atoms with Crippen LogP contribution in [0.25, 0.3) is 0 Å². The van der Waals surface area contributed by atoms with E-state index in [1.54, 1.807) is 6.92 Å². The second-order valence-electron chi connectivity index (χ2n) is 3.81.